The van der Waals surface area contributed by atoms with Gasteiger partial charge < -0.3 is 18.9 Å². The normalized spacial score (nSPS) is 10.1. The van der Waals surface area contributed by atoms with Crippen molar-refractivity contribution in [1.29, 1.82) is 0 Å². The van der Waals surface area contributed by atoms with E-state index < -0.39 is 46.8 Å². The first-order chi connectivity index (χ1) is 12.3. The van der Waals surface area contributed by atoms with Crippen LogP contribution >= 0.6 is 0 Å². The molecule has 0 unspecified atom stereocenters. The van der Waals surface area contributed by atoms with Crippen LogP contribution in [0.5, 0.6) is 5.75 Å². The maximum Gasteiger partial charge on any atom is 0.349 e. The molecule has 0 heterocycles. The number of ether oxygens (including phenoxy) is 4. The average Bonchev–Trinajstić information content (AvgIpc) is 2.63. The molecule has 0 fully saturated rings. The lowest BCUT2D eigenvalue weighted by molar-refractivity contribution is -0.385. The Labute approximate surface area is 146 Å². The van der Waals surface area contributed by atoms with Crippen LogP contribution in [0.15, 0.2) is 30.4 Å². The molecule has 0 aliphatic carbocycles. The molecule has 11 nitrogen and oxygen atoms in total. The minimum absolute atomic E-state index is 0.113. The Morgan fingerprint density at radius 3 is 2.31 bits per heavy atom. The van der Waals surface area contributed by atoms with Gasteiger partial charge in [-0.1, -0.05) is 0 Å². The van der Waals surface area contributed by atoms with Crippen LogP contribution in [0.4, 0.5) is 5.69 Å². The van der Waals surface area contributed by atoms with Crippen molar-refractivity contribution in [2.24, 2.45) is 0 Å². The summed E-state index contributed by atoms with van der Waals surface area (Å²) in [5, 5.41) is 11.0. The van der Waals surface area contributed by atoms with Gasteiger partial charge in [0.2, 0.25) is 5.75 Å². The fourth-order valence-electron chi connectivity index (χ4n) is 1.53. The zero-order valence-electron chi connectivity index (χ0n) is 13.6. The number of rotatable bonds is 7. The van der Waals surface area contributed by atoms with Gasteiger partial charge in [-0.05, 0) is 12.1 Å². The molecule has 0 spiro atoms. The summed E-state index contributed by atoms with van der Waals surface area (Å²) in [4.78, 5) is 55.2. The van der Waals surface area contributed by atoms with Gasteiger partial charge in [0, 0.05) is 18.2 Å². The highest BCUT2D eigenvalue weighted by molar-refractivity contribution is 5.92. The Morgan fingerprint density at radius 2 is 1.73 bits per heavy atom. The van der Waals surface area contributed by atoms with Crippen molar-refractivity contribution in [2.45, 2.75) is 0 Å². The van der Waals surface area contributed by atoms with Crippen molar-refractivity contribution in [3.05, 3.63) is 46.0 Å². The number of nitrogens with zero attached hydrogens (tertiary/aromatic N) is 1. The summed E-state index contributed by atoms with van der Waals surface area (Å²) in [6.07, 6.45) is 1.51. The smallest absolute Gasteiger partial charge is 0.349 e. The zero-order valence-corrected chi connectivity index (χ0v) is 13.6. The molecule has 0 atom stereocenters. The number of methoxy groups -OCH3 is 2. The number of nitro benzene ring substituents is 1. The van der Waals surface area contributed by atoms with Gasteiger partial charge in [-0.3, -0.25) is 10.1 Å². The Balaban J connectivity index is 2.76. The third-order valence-corrected chi connectivity index (χ3v) is 2.69. The molecule has 0 saturated carbocycles. The van der Waals surface area contributed by atoms with Crippen LogP contribution < -0.4 is 4.74 Å². The highest BCUT2D eigenvalue weighted by atomic mass is 16.6. The van der Waals surface area contributed by atoms with E-state index in [2.05, 4.69) is 14.2 Å². The molecule has 1 aromatic rings. The molecule has 0 bridgehead atoms. The van der Waals surface area contributed by atoms with Gasteiger partial charge in [-0.2, -0.15) is 0 Å². The Hall–Kier alpha value is -3.76. The quantitative estimate of drug-likeness (QED) is 0.167. The number of carbonyl (C=O) groups is 4. The fourth-order valence-corrected chi connectivity index (χ4v) is 1.53. The molecule has 0 aliphatic heterocycles. The van der Waals surface area contributed by atoms with Gasteiger partial charge in [-0.15, -0.1) is 0 Å². The predicted molar refractivity (Wildman–Crippen MR) is 82.2 cm³/mol. The monoisotopic (exact) mass is 367 g/mol. The van der Waals surface area contributed by atoms with E-state index in [-0.39, 0.29) is 5.56 Å². The summed E-state index contributed by atoms with van der Waals surface area (Å²) in [5.74, 6) is -4.20. The van der Waals surface area contributed by atoms with E-state index in [0.717, 1.165) is 44.6 Å². The van der Waals surface area contributed by atoms with Crippen molar-refractivity contribution < 1.29 is 43.0 Å². The number of nitro groups is 1. The number of esters is 4. The van der Waals surface area contributed by atoms with E-state index in [1.54, 1.807) is 0 Å². The maximum absolute atomic E-state index is 11.6. The van der Waals surface area contributed by atoms with Crippen molar-refractivity contribution in [2.75, 3.05) is 20.8 Å². The summed E-state index contributed by atoms with van der Waals surface area (Å²) >= 11 is 0. The van der Waals surface area contributed by atoms with Crippen LogP contribution in [-0.4, -0.2) is 49.6 Å². The summed E-state index contributed by atoms with van der Waals surface area (Å²) in [6.45, 7) is -0.861. The van der Waals surface area contributed by atoms with Gasteiger partial charge in [0.1, 0.15) is 0 Å². The molecular formula is C15H13NO10. The molecule has 0 aliphatic rings. The van der Waals surface area contributed by atoms with Crippen LogP contribution in [-0.2, 0) is 28.6 Å². The largest absolute Gasteiger partial charge is 0.466 e. The first-order valence-electron chi connectivity index (χ1n) is 6.78. The van der Waals surface area contributed by atoms with Gasteiger partial charge in [-0.25, -0.2) is 19.2 Å². The van der Waals surface area contributed by atoms with Crippen LogP contribution in [0.1, 0.15) is 10.4 Å². The minimum atomic E-state index is -1.11. The summed E-state index contributed by atoms with van der Waals surface area (Å²) in [6, 6.07) is 3.06. The number of carbonyl (C=O) groups excluding carboxylic acids is 4. The molecule has 0 amide bonds. The van der Waals surface area contributed by atoms with Crippen LogP contribution in [0.25, 0.3) is 0 Å². The van der Waals surface area contributed by atoms with E-state index in [1.165, 1.54) is 0 Å². The van der Waals surface area contributed by atoms with Gasteiger partial charge in [0.05, 0.1) is 24.7 Å². The lowest BCUT2D eigenvalue weighted by atomic mass is 10.2. The number of hydrogen-bond donors (Lipinski definition) is 0. The van der Waals surface area contributed by atoms with Gasteiger partial charge in [0.15, 0.2) is 6.61 Å². The lowest BCUT2D eigenvalue weighted by Gasteiger charge is -2.06. The molecule has 0 N–H and O–H groups in total. The summed E-state index contributed by atoms with van der Waals surface area (Å²) in [7, 11) is 2.21. The van der Waals surface area contributed by atoms with E-state index in [9.17, 15) is 29.3 Å². The molecule has 1 rings (SSSR count). The van der Waals surface area contributed by atoms with Gasteiger partial charge in [0.25, 0.3) is 0 Å². The summed E-state index contributed by atoms with van der Waals surface area (Å²) in [5.41, 5.74) is -0.767. The lowest BCUT2D eigenvalue weighted by Crippen LogP contribution is -2.18. The Kier molecular flexibility index (Phi) is 7.42. The van der Waals surface area contributed by atoms with E-state index >= 15 is 0 Å². The predicted octanol–water partition coefficient (Wildman–Crippen LogP) is 0.559. The topological polar surface area (TPSA) is 148 Å². The van der Waals surface area contributed by atoms with E-state index in [0.29, 0.717) is 0 Å². The molecule has 0 saturated heterocycles. The third kappa shape index (κ3) is 6.03. The van der Waals surface area contributed by atoms with Crippen LogP contribution in [0, 0.1) is 10.1 Å². The second-order valence-corrected chi connectivity index (χ2v) is 4.37. The minimum Gasteiger partial charge on any atom is -0.466 e. The zero-order chi connectivity index (χ0) is 19.7. The fraction of sp³-hybridized carbons (Fsp3) is 0.200. The van der Waals surface area contributed by atoms with Crippen molar-refractivity contribution >= 4 is 29.6 Å². The second-order valence-electron chi connectivity index (χ2n) is 4.37. The Morgan fingerprint density at radius 1 is 1.08 bits per heavy atom. The van der Waals surface area contributed by atoms with Crippen molar-refractivity contribution in [3.8, 4) is 5.75 Å². The van der Waals surface area contributed by atoms with Crippen LogP contribution in [0.2, 0.25) is 0 Å². The Bertz CT molecular complexity index is 768. The molecule has 11 heteroatoms. The van der Waals surface area contributed by atoms with E-state index in [4.69, 9.17) is 4.74 Å². The molecule has 138 valence electrons. The first kappa shape index (κ1) is 20.3. The molecule has 0 radical (unpaired) electrons. The molecule has 1 aromatic carbocycles. The second kappa shape index (κ2) is 9.52. The van der Waals surface area contributed by atoms with Crippen LogP contribution in [0.3, 0.4) is 0 Å². The molecule has 26 heavy (non-hydrogen) atoms. The highest BCUT2D eigenvalue weighted by Gasteiger charge is 2.21. The first-order valence-corrected chi connectivity index (χ1v) is 6.78. The average molecular weight is 367 g/mol. The third-order valence-electron chi connectivity index (χ3n) is 2.69. The molecule has 0 aromatic heterocycles. The standard InChI is InChI=1S/C15H13NO10/c1-23-12(17)5-6-13(18)25-8-14(19)26-11-4-3-9(15(20)24-2)7-10(11)16(21)22/h3-7H,8H2,1-2H3/b6-5+. The molecular weight excluding hydrogens is 354 g/mol. The highest BCUT2D eigenvalue weighted by Crippen LogP contribution is 2.28. The maximum atomic E-state index is 11.6. The van der Waals surface area contributed by atoms with Crippen molar-refractivity contribution in [1.82, 2.24) is 0 Å². The van der Waals surface area contributed by atoms with Gasteiger partial charge >= 0.3 is 29.6 Å². The van der Waals surface area contributed by atoms with Crippen molar-refractivity contribution in [3.63, 3.8) is 0 Å². The number of benzene rings is 1. The summed E-state index contributed by atoms with van der Waals surface area (Å²) < 4.78 is 17.9. The van der Waals surface area contributed by atoms with E-state index in [1.807, 2.05) is 0 Å². The SMILES string of the molecule is COC(=O)/C=C/C(=O)OCC(=O)Oc1ccc(C(=O)OC)cc1[N+](=O)[O-]. The number of hydrogen-bond acceptors (Lipinski definition) is 10.